The van der Waals surface area contributed by atoms with E-state index in [4.69, 9.17) is 10.2 Å². The molecule has 0 fully saturated rings. The fourth-order valence-electron chi connectivity index (χ4n) is 5.06. The molecule has 4 nitrogen and oxygen atoms in total. The number of aliphatic hydroxyl groups is 2. The van der Waals surface area contributed by atoms with Crippen LogP contribution in [0.25, 0.3) is 0 Å². The Labute approximate surface area is 350 Å². The standard InChI is InChI=1S/2C18H15OP.C5H4F6O2.Eu/c2*19-20(16-10-4-1-5-11-16,17-12-6-2-7-13-17)18-14-8-3-9-15-18;6-4(7,8)2(12)1-3(13)5(9,10)11;/h2*1-15H;1-2,12-13H;. The molecule has 54 heavy (non-hydrogen) atoms. The van der Waals surface area contributed by atoms with Crippen molar-refractivity contribution in [2.24, 2.45) is 0 Å². The van der Waals surface area contributed by atoms with E-state index in [1.807, 2.05) is 182 Å². The van der Waals surface area contributed by atoms with Crippen molar-refractivity contribution in [3.05, 3.63) is 194 Å². The first-order valence-corrected chi connectivity index (χ1v) is 19.4. The normalized spacial score (nSPS) is 12.5. The number of hydrogen-bond donors (Lipinski definition) is 2. The summed E-state index contributed by atoms with van der Waals surface area (Å²) in [6.07, 6.45) is -14.6. The molecule has 1 atom stereocenters. The number of rotatable bonds is 7. The van der Waals surface area contributed by atoms with Crippen LogP contribution >= 0.6 is 14.3 Å². The molecule has 0 aliphatic carbocycles. The van der Waals surface area contributed by atoms with E-state index in [9.17, 15) is 35.5 Å². The first-order valence-electron chi connectivity index (χ1n) is 15.9. The Hall–Kier alpha value is -3.56. The number of alkyl halides is 6. The third-order valence-electron chi connectivity index (χ3n) is 7.66. The van der Waals surface area contributed by atoms with Gasteiger partial charge in [0.25, 0.3) is 0 Å². The molecule has 0 aromatic heterocycles. The largest absolute Gasteiger partial charge is 0.504 e. The predicted molar refractivity (Wildman–Crippen MR) is 200 cm³/mol. The number of allylic oxidation sites excluding steroid dienone is 1. The molecule has 0 heterocycles. The molecule has 0 aliphatic heterocycles. The van der Waals surface area contributed by atoms with Gasteiger partial charge in [0.2, 0.25) is 0 Å². The molecule has 0 saturated carbocycles. The fraction of sp³-hybridized carbons (Fsp3) is 0.0732. The van der Waals surface area contributed by atoms with E-state index < -0.39 is 44.6 Å². The van der Waals surface area contributed by atoms with Crippen molar-refractivity contribution in [3.8, 4) is 0 Å². The molecule has 0 saturated heterocycles. The number of halogens is 6. The van der Waals surface area contributed by atoms with Crippen LogP contribution in [0, 0.1) is 49.4 Å². The van der Waals surface area contributed by atoms with Crippen molar-refractivity contribution in [2.75, 3.05) is 0 Å². The first kappa shape index (κ1) is 44.8. The van der Waals surface area contributed by atoms with E-state index in [1.165, 1.54) is 0 Å². The van der Waals surface area contributed by atoms with Gasteiger partial charge in [-0.3, -0.25) is 0 Å². The Bertz CT molecular complexity index is 1780. The van der Waals surface area contributed by atoms with Gasteiger partial charge in [-0.1, -0.05) is 182 Å². The van der Waals surface area contributed by atoms with Crippen molar-refractivity contribution in [1.29, 1.82) is 0 Å². The molecule has 6 aromatic rings. The van der Waals surface area contributed by atoms with E-state index in [0.717, 1.165) is 31.8 Å². The van der Waals surface area contributed by atoms with Crippen LogP contribution in [0.4, 0.5) is 26.3 Å². The summed E-state index contributed by atoms with van der Waals surface area (Å²) in [4.78, 5) is 0. The van der Waals surface area contributed by atoms with Crippen molar-refractivity contribution in [2.45, 2.75) is 18.5 Å². The summed E-state index contributed by atoms with van der Waals surface area (Å²) in [6.45, 7) is 0. The number of benzene rings is 6. The van der Waals surface area contributed by atoms with Crippen LogP contribution in [0.5, 0.6) is 0 Å². The van der Waals surface area contributed by atoms with Gasteiger partial charge in [0.1, 0.15) is 0 Å². The Balaban J connectivity index is 0.000000222. The molecule has 0 aliphatic rings. The molecule has 0 amide bonds. The van der Waals surface area contributed by atoms with Gasteiger partial charge in [0.15, 0.2) is 26.1 Å². The summed E-state index contributed by atoms with van der Waals surface area (Å²) in [6, 6.07) is 58.3. The molecule has 13 heteroatoms. The van der Waals surface area contributed by atoms with Crippen molar-refractivity contribution in [1.82, 2.24) is 0 Å². The smallest absolute Gasteiger partial charge is 0.448 e. The molecule has 1 radical (unpaired) electrons. The maximum absolute atomic E-state index is 13.8. The zero-order valence-electron chi connectivity index (χ0n) is 28.2. The average Bonchev–Trinajstić information content (AvgIpc) is 3.19. The third-order valence-corrected chi connectivity index (χ3v) is 13.8. The Morgan fingerprint density at radius 2 is 0.630 bits per heavy atom. The minimum atomic E-state index is -5.29. The van der Waals surface area contributed by atoms with Crippen LogP contribution < -0.4 is 31.8 Å². The van der Waals surface area contributed by atoms with E-state index in [1.54, 1.807) is 0 Å². The Morgan fingerprint density at radius 3 is 0.778 bits per heavy atom. The molecule has 6 rings (SSSR count). The van der Waals surface area contributed by atoms with Gasteiger partial charge in [-0.2, -0.15) is 26.3 Å². The second kappa shape index (κ2) is 20.4. The third kappa shape index (κ3) is 11.7. The van der Waals surface area contributed by atoms with Crippen LogP contribution in [0.3, 0.4) is 0 Å². The van der Waals surface area contributed by atoms with Crippen LogP contribution in [-0.2, 0) is 9.13 Å². The molecular weight excluding hydrogens is 884 g/mol. The maximum atomic E-state index is 13.8. The van der Waals surface area contributed by atoms with Crippen molar-refractivity contribution >= 4 is 46.1 Å². The van der Waals surface area contributed by atoms with Gasteiger partial charge in [0, 0.05) is 87.3 Å². The molecule has 281 valence electrons. The topological polar surface area (TPSA) is 74.6 Å². The van der Waals surface area contributed by atoms with Crippen LogP contribution in [0.1, 0.15) is 0 Å². The van der Waals surface area contributed by atoms with Gasteiger partial charge in [-0.15, -0.1) is 0 Å². The first-order chi connectivity index (χ1) is 25.2. The maximum Gasteiger partial charge on any atom is 0.448 e. The number of aliphatic hydroxyl groups excluding tert-OH is 2. The summed E-state index contributed by atoms with van der Waals surface area (Å²) in [5.41, 5.74) is 0. The second-order valence-corrected chi connectivity index (χ2v) is 16.8. The van der Waals surface area contributed by atoms with Gasteiger partial charge < -0.3 is 19.3 Å². The quantitative estimate of drug-likeness (QED) is 0.0958. The van der Waals surface area contributed by atoms with Crippen molar-refractivity contribution in [3.63, 3.8) is 0 Å². The second-order valence-electron chi connectivity index (χ2n) is 11.3. The summed E-state index contributed by atoms with van der Waals surface area (Å²) in [5.74, 6) is -2.47. The summed E-state index contributed by atoms with van der Waals surface area (Å²) in [7, 11) is -5.55. The number of hydrogen-bond acceptors (Lipinski definition) is 4. The zero-order valence-corrected chi connectivity index (χ0v) is 32.4. The average molecular weight is 919 g/mol. The molecule has 0 bridgehead atoms. The minimum absolute atomic E-state index is 0. The van der Waals surface area contributed by atoms with Gasteiger partial charge in [-0.05, 0) is 0 Å². The monoisotopic (exact) mass is 919 g/mol. The fourth-order valence-corrected chi connectivity index (χ4v) is 10.4. The van der Waals surface area contributed by atoms with E-state index in [2.05, 4.69) is 0 Å². The predicted octanol–water partition coefficient (Wildman–Crippen LogP) is 8.57. The molecular formula is C41H34EuF6O4P2. The van der Waals surface area contributed by atoms with E-state index in [-0.39, 0.29) is 49.4 Å². The summed E-state index contributed by atoms with van der Waals surface area (Å²) >= 11 is 0. The van der Waals surface area contributed by atoms with Crippen LogP contribution in [-0.4, -0.2) is 28.7 Å². The zero-order chi connectivity index (χ0) is 38.5. The van der Waals surface area contributed by atoms with E-state index in [0.29, 0.717) is 0 Å². The van der Waals surface area contributed by atoms with Crippen LogP contribution in [0.15, 0.2) is 194 Å². The van der Waals surface area contributed by atoms with Gasteiger partial charge in [-0.25, -0.2) is 0 Å². The van der Waals surface area contributed by atoms with Crippen molar-refractivity contribution < 1.29 is 95.1 Å². The molecule has 1 unspecified atom stereocenters. The Morgan fingerprint density at radius 1 is 0.444 bits per heavy atom. The van der Waals surface area contributed by atoms with Crippen LogP contribution in [0.2, 0.25) is 0 Å². The molecule has 2 N–H and O–H groups in total. The van der Waals surface area contributed by atoms with Gasteiger partial charge in [0.05, 0.1) is 0 Å². The summed E-state index contributed by atoms with van der Waals surface area (Å²) in [5, 5.41) is 21.3. The van der Waals surface area contributed by atoms with Gasteiger partial charge >= 0.3 is 12.4 Å². The Kier molecular flexibility index (Phi) is 16.9. The minimum Gasteiger partial charge on any atom is -0.504 e. The molecule has 6 aromatic carbocycles. The SMILES string of the molecule is O=P(c1ccccc1)(c1ccccc1)c1ccccc1.O=P(c1ccccc1)(c1ccccc1)c1ccccc1.OC(=CC(O)C(F)(F)F)C(F)(F)F.[Eu]. The molecule has 0 spiro atoms. The van der Waals surface area contributed by atoms with E-state index >= 15 is 0 Å². The summed E-state index contributed by atoms with van der Waals surface area (Å²) < 4.78 is 96.1.